The molecule has 2 rings (SSSR count). The van der Waals surface area contributed by atoms with Crippen LogP contribution in [0.1, 0.15) is 21.6 Å². The normalized spacial score (nSPS) is 11.5. The van der Waals surface area contributed by atoms with E-state index in [0.717, 1.165) is 12.1 Å². The molecule has 1 N–H and O–H groups in total. The summed E-state index contributed by atoms with van der Waals surface area (Å²) in [6.07, 6.45) is -4.74. The Kier molecular flexibility index (Phi) is 3.63. The molecule has 0 bridgehead atoms. The molecule has 0 atom stereocenters. The number of aromatic carboxylic acids is 1. The predicted molar refractivity (Wildman–Crippen MR) is 66.4 cm³/mol. The van der Waals surface area contributed by atoms with Crippen molar-refractivity contribution in [3.8, 4) is 11.6 Å². The second-order valence-electron chi connectivity index (χ2n) is 4.36. The lowest BCUT2D eigenvalue weighted by atomic mass is 10.1. The molecule has 0 radical (unpaired) electrons. The highest BCUT2D eigenvalue weighted by Gasteiger charge is 2.35. The van der Waals surface area contributed by atoms with Gasteiger partial charge in [0.1, 0.15) is 5.75 Å². The molecule has 0 unspecified atom stereocenters. The summed E-state index contributed by atoms with van der Waals surface area (Å²) in [7, 11) is 1.60. The average molecular weight is 300 g/mol. The minimum Gasteiger partial charge on any atom is -0.478 e. The highest BCUT2D eigenvalue weighted by molar-refractivity contribution is 5.90. The van der Waals surface area contributed by atoms with Crippen LogP contribution in [-0.4, -0.2) is 20.9 Å². The smallest absolute Gasteiger partial charge is 0.417 e. The van der Waals surface area contributed by atoms with Crippen molar-refractivity contribution in [2.24, 2.45) is 7.05 Å². The van der Waals surface area contributed by atoms with Gasteiger partial charge in [-0.2, -0.15) is 18.3 Å². The summed E-state index contributed by atoms with van der Waals surface area (Å²) in [6, 6.07) is 4.17. The van der Waals surface area contributed by atoms with Crippen LogP contribution in [0.25, 0.3) is 0 Å². The fourth-order valence-corrected chi connectivity index (χ4v) is 1.81. The first-order valence-corrected chi connectivity index (χ1v) is 5.81. The topological polar surface area (TPSA) is 64.3 Å². The minimum atomic E-state index is -4.74. The Morgan fingerprint density at radius 3 is 2.48 bits per heavy atom. The van der Waals surface area contributed by atoms with E-state index in [1.807, 2.05) is 0 Å². The van der Waals surface area contributed by atoms with Crippen LogP contribution >= 0.6 is 0 Å². The Morgan fingerprint density at radius 2 is 2.00 bits per heavy atom. The van der Waals surface area contributed by atoms with Crippen molar-refractivity contribution < 1.29 is 27.8 Å². The number of alkyl halides is 3. The number of aromatic nitrogens is 2. The molecule has 1 aromatic carbocycles. The number of ether oxygens (including phenoxy) is 1. The van der Waals surface area contributed by atoms with Gasteiger partial charge in [-0.05, 0) is 25.1 Å². The van der Waals surface area contributed by atoms with Crippen molar-refractivity contribution >= 4 is 5.97 Å². The highest BCUT2D eigenvalue weighted by atomic mass is 19.4. The molecule has 0 saturated heterocycles. The van der Waals surface area contributed by atoms with Crippen molar-refractivity contribution in [1.29, 1.82) is 0 Å². The number of hydrogen-bond acceptors (Lipinski definition) is 3. The number of carboxylic acid groups (broad SMARTS) is 1. The second kappa shape index (κ2) is 5.12. The maximum absolute atomic E-state index is 12.7. The third kappa shape index (κ3) is 3.15. The highest BCUT2D eigenvalue weighted by Crippen LogP contribution is 2.34. The van der Waals surface area contributed by atoms with Gasteiger partial charge in [0.2, 0.25) is 5.88 Å². The molecule has 0 fully saturated rings. The standard InChI is InChI=1S/C13H11F3N2O3/c1-7-5-11(18(2)17-7)21-8-3-4-10(13(14,15)16)9(6-8)12(19)20/h3-6H,1-2H3,(H,19,20). The Morgan fingerprint density at radius 1 is 1.33 bits per heavy atom. The SMILES string of the molecule is Cc1cc(Oc2ccc(C(F)(F)F)c(C(=O)O)c2)n(C)n1. The van der Waals surface area contributed by atoms with Crippen LogP contribution in [0.3, 0.4) is 0 Å². The summed E-state index contributed by atoms with van der Waals surface area (Å²) in [5, 5.41) is 12.9. The monoisotopic (exact) mass is 300 g/mol. The number of hydrogen-bond donors (Lipinski definition) is 1. The van der Waals surface area contributed by atoms with Gasteiger partial charge >= 0.3 is 12.1 Å². The van der Waals surface area contributed by atoms with Crippen LogP contribution in [0.4, 0.5) is 13.2 Å². The third-order valence-electron chi connectivity index (χ3n) is 2.71. The van der Waals surface area contributed by atoms with Crippen molar-refractivity contribution in [3.63, 3.8) is 0 Å². The molecule has 21 heavy (non-hydrogen) atoms. The summed E-state index contributed by atoms with van der Waals surface area (Å²) in [5.74, 6) is -1.39. The molecular formula is C13H11F3N2O3. The maximum atomic E-state index is 12.7. The molecule has 0 spiro atoms. The predicted octanol–water partition coefficient (Wildman–Crippen LogP) is 3.24. The number of benzene rings is 1. The molecule has 0 aliphatic rings. The van der Waals surface area contributed by atoms with Crippen LogP contribution in [0.15, 0.2) is 24.3 Å². The first-order chi connectivity index (χ1) is 9.68. The molecule has 5 nitrogen and oxygen atoms in total. The lowest BCUT2D eigenvalue weighted by molar-refractivity contribution is -0.138. The summed E-state index contributed by atoms with van der Waals surface area (Å²) in [6.45, 7) is 1.72. The molecular weight excluding hydrogens is 289 g/mol. The molecule has 0 aliphatic heterocycles. The lowest BCUT2D eigenvalue weighted by Gasteiger charge is -2.12. The Hall–Kier alpha value is -2.51. The first-order valence-electron chi connectivity index (χ1n) is 5.81. The summed E-state index contributed by atoms with van der Waals surface area (Å²) >= 11 is 0. The van der Waals surface area contributed by atoms with Crippen molar-refractivity contribution in [1.82, 2.24) is 9.78 Å². The van der Waals surface area contributed by atoms with E-state index in [-0.39, 0.29) is 5.75 Å². The van der Waals surface area contributed by atoms with E-state index in [0.29, 0.717) is 17.6 Å². The van der Waals surface area contributed by atoms with Gasteiger partial charge in [0.15, 0.2) is 0 Å². The minimum absolute atomic E-state index is 0.0107. The molecule has 0 saturated carbocycles. The Balaban J connectivity index is 2.41. The van der Waals surface area contributed by atoms with Crippen molar-refractivity contribution in [2.75, 3.05) is 0 Å². The van der Waals surface area contributed by atoms with Gasteiger partial charge in [0.25, 0.3) is 0 Å². The zero-order valence-corrected chi connectivity index (χ0v) is 11.1. The fraction of sp³-hybridized carbons (Fsp3) is 0.231. The largest absolute Gasteiger partial charge is 0.478 e. The van der Waals surface area contributed by atoms with Crippen molar-refractivity contribution in [3.05, 3.63) is 41.1 Å². The van der Waals surface area contributed by atoms with Gasteiger partial charge in [-0.15, -0.1) is 0 Å². The van der Waals surface area contributed by atoms with E-state index < -0.39 is 23.3 Å². The summed E-state index contributed by atoms with van der Waals surface area (Å²) < 4.78 is 44.9. The van der Waals surface area contributed by atoms with Crippen LogP contribution in [0, 0.1) is 6.92 Å². The quantitative estimate of drug-likeness (QED) is 0.945. The van der Waals surface area contributed by atoms with Crippen LogP contribution < -0.4 is 4.74 Å². The van der Waals surface area contributed by atoms with E-state index in [1.54, 1.807) is 20.0 Å². The van der Waals surface area contributed by atoms with Gasteiger partial charge in [-0.1, -0.05) is 0 Å². The van der Waals surface area contributed by atoms with Gasteiger partial charge in [0, 0.05) is 13.1 Å². The summed E-state index contributed by atoms with van der Waals surface area (Å²) in [5.41, 5.74) is -1.42. The molecule has 112 valence electrons. The number of rotatable bonds is 3. The lowest BCUT2D eigenvalue weighted by Crippen LogP contribution is -2.12. The van der Waals surface area contributed by atoms with E-state index in [9.17, 15) is 18.0 Å². The number of nitrogens with zero attached hydrogens (tertiary/aromatic N) is 2. The van der Waals surface area contributed by atoms with Gasteiger partial charge in [-0.25, -0.2) is 9.48 Å². The third-order valence-corrected chi connectivity index (χ3v) is 2.71. The van der Waals surface area contributed by atoms with Crippen LogP contribution in [0.5, 0.6) is 11.6 Å². The van der Waals surface area contributed by atoms with E-state index in [4.69, 9.17) is 9.84 Å². The van der Waals surface area contributed by atoms with E-state index in [2.05, 4.69) is 5.10 Å². The number of halogens is 3. The van der Waals surface area contributed by atoms with Gasteiger partial charge in [0.05, 0.1) is 16.8 Å². The van der Waals surface area contributed by atoms with Crippen molar-refractivity contribution in [2.45, 2.75) is 13.1 Å². The molecule has 1 heterocycles. The molecule has 0 aliphatic carbocycles. The Bertz CT molecular complexity index is 692. The number of carboxylic acids is 1. The number of aryl methyl sites for hydroxylation is 2. The van der Waals surface area contributed by atoms with Gasteiger partial charge < -0.3 is 9.84 Å². The number of carbonyl (C=O) groups is 1. The summed E-state index contributed by atoms with van der Waals surface area (Å²) in [4.78, 5) is 11.0. The van der Waals surface area contributed by atoms with Crippen LogP contribution in [-0.2, 0) is 13.2 Å². The first kappa shape index (κ1) is 14.9. The molecule has 0 amide bonds. The Labute approximate surface area is 117 Å². The van der Waals surface area contributed by atoms with E-state index in [1.165, 1.54) is 4.68 Å². The zero-order chi connectivity index (χ0) is 15.8. The van der Waals surface area contributed by atoms with Crippen LogP contribution in [0.2, 0.25) is 0 Å². The maximum Gasteiger partial charge on any atom is 0.417 e. The fourth-order valence-electron chi connectivity index (χ4n) is 1.81. The molecule has 1 aromatic heterocycles. The zero-order valence-electron chi connectivity index (χ0n) is 11.1. The van der Waals surface area contributed by atoms with E-state index >= 15 is 0 Å². The van der Waals surface area contributed by atoms with Gasteiger partial charge in [-0.3, -0.25) is 0 Å². The molecule has 8 heteroatoms. The second-order valence-corrected chi connectivity index (χ2v) is 4.36. The molecule has 2 aromatic rings. The average Bonchev–Trinajstić information content (AvgIpc) is 2.66.